The van der Waals surface area contributed by atoms with Gasteiger partial charge in [-0.05, 0) is 12.1 Å². The third-order valence-corrected chi connectivity index (χ3v) is 2.67. The zero-order chi connectivity index (χ0) is 8.84. The Labute approximate surface area is 75.7 Å². The van der Waals surface area contributed by atoms with Crippen LogP contribution in [0.25, 0.3) is 0 Å². The van der Waals surface area contributed by atoms with Gasteiger partial charge in [-0.25, -0.2) is 0 Å². The van der Waals surface area contributed by atoms with Crippen molar-refractivity contribution in [1.29, 1.82) is 0 Å². The lowest BCUT2D eigenvalue weighted by atomic mass is 9.92. The highest BCUT2D eigenvalue weighted by atomic mass is 16.5. The highest BCUT2D eigenvalue weighted by Crippen LogP contribution is 2.37. The molecule has 2 heterocycles. The van der Waals surface area contributed by atoms with Crippen molar-refractivity contribution in [2.45, 2.75) is 5.92 Å². The van der Waals surface area contributed by atoms with Gasteiger partial charge in [0, 0.05) is 23.6 Å². The Morgan fingerprint density at radius 3 is 3.31 bits per heavy atom. The highest BCUT2D eigenvalue weighted by molar-refractivity contribution is 5.98. The van der Waals surface area contributed by atoms with Crippen molar-refractivity contribution in [2.24, 2.45) is 0 Å². The van der Waals surface area contributed by atoms with Crippen molar-refractivity contribution in [1.82, 2.24) is 5.32 Å². The number of benzene rings is 1. The predicted octanol–water partition coefficient (Wildman–Crippen LogP) is 0.906. The topological polar surface area (TPSA) is 38.3 Å². The van der Waals surface area contributed by atoms with E-state index in [0.29, 0.717) is 19.1 Å². The molecule has 0 bridgehead atoms. The van der Waals surface area contributed by atoms with Crippen LogP contribution >= 0.6 is 0 Å². The fourth-order valence-electron chi connectivity index (χ4n) is 2.03. The minimum atomic E-state index is 0.0265. The van der Waals surface area contributed by atoms with Crippen molar-refractivity contribution in [2.75, 3.05) is 13.2 Å². The Morgan fingerprint density at radius 1 is 1.46 bits per heavy atom. The summed E-state index contributed by atoms with van der Waals surface area (Å²) < 4.78 is 5.48. The van der Waals surface area contributed by atoms with E-state index in [0.717, 1.165) is 16.9 Å². The SMILES string of the molecule is O=C1NCC2COc3cccc1c32. The van der Waals surface area contributed by atoms with Gasteiger partial charge in [0.15, 0.2) is 0 Å². The lowest BCUT2D eigenvalue weighted by Gasteiger charge is -2.19. The molecule has 0 saturated heterocycles. The van der Waals surface area contributed by atoms with Crippen molar-refractivity contribution < 1.29 is 9.53 Å². The number of ether oxygens (including phenoxy) is 1. The molecule has 1 N–H and O–H groups in total. The first-order valence-electron chi connectivity index (χ1n) is 4.40. The molecule has 0 radical (unpaired) electrons. The summed E-state index contributed by atoms with van der Waals surface area (Å²) in [4.78, 5) is 11.4. The molecule has 3 rings (SSSR count). The van der Waals surface area contributed by atoms with E-state index in [4.69, 9.17) is 4.74 Å². The van der Waals surface area contributed by atoms with Crippen LogP contribution in [0.2, 0.25) is 0 Å². The summed E-state index contributed by atoms with van der Waals surface area (Å²) in [5.74, 6) is 1.28. The molecule has 1 unspecified atom stereocenters. The number of carbonyl (C=O) groups is 1. The molecule has 0 aromatic heterocycles. The number of hydrogen-bond donors (Lipinski definition) is 1. The molecule has 1 aromatic rings. The van der Waals surface area contributed by atoms with Gasteiger partial charge in [-0.3, -0.25) is 4.79 Å². The van der Waals surface area contributed by atoms with E-state index < -0.39 is 0 Å². The molecule has 0 spiro atoms. The summed E-state index contributed by atoms with van der Waals surface area (Å²) in [7, 11) is 0. The summed E-state index contributed by atoms with van der Waals surface area (Å²) in [5, 5.41) is 2.85. The van der Waals surface area contributed by atoms with E-state index in [-0.39, 0.29) is 5.91 Å². The molecule has 3 nitrogen and oxygen atoms in total. The Morgan fingerprint density at radius 2 is 2.38 bits per heavy atom. The summed E-state index contributed by atoms with van der Waals surface area (Å²) in [6.45, 7) is 1.41. The van der Waals surface area contributed by atoms with Crippen LogP contribution in [-0.4, -0.2) is 19.1 Å². The molecule has 2 aliphatic rings. The van der Waals surface area contributed by atoms with Crippen LogP contribution in [0.5, 0.6) is 5.75 Å². The summed E-state index contributed by atoms with van der Waals surface area (Å²) >= 11 is 0. The monoisotopic (exact) mass is 175 g/mol. The number of hydrogen-bond acceptors (Lipinski definition) is 2. The number of amides is 1. The van der Waals surface area contributed by atoms with Gasteiger partial charge in [0.25, 0.3) is 5.91 Å². The number of nitrogens with one attached hydrogen (secondary N) is 1. The minimum Gasteiger partial charge on any atom is -0.493 e. The average molecular weight is 175 g/mol. The third-order valence-electron chi connectivity index (χ3n) is 2.67. The van der Waals surface area contributed by atoms with Crippen LogP contribution in [0.4, 0.5) is 0 Å². The van der Waals surface area contributed by atoms with Crippen LogP contribution < -0.4 is 10.1 Å². The van der Waals surface area contributed by atoms with E-state index in [1.807, 2.05) is 18.2 Å². The average Bonchev–Trinajstić information content (AvgIpc) is 2.57. The molecule has 0 aliphatic carbocycles. The van der Waals surface area contributed by atoms with E-state index in [1.54, 1.807) is 0 Å². The second-order valence-electron chi connectivity index (χ2n) is 3.44. The van der Waals surface area contributed by atoms with Crippen LogP contribution in [0.3, 0.4) is 0 Å². The fraction of sp³-hybridized carbons (Fsp3) is 0.300. The summed E-state index contributed by atoms with van der Waals surface area (Å²) in [6, 6.07) is 5.65. The zero-order valence-corrected chi connectivity index (χ0v) is 7.04. The molecule has 13 heavy (non-hydrogen) atoms. The Kier molecular flexibility index (Phi) is 1.20. The minimum absolute atomic E-state index is 0.0265. The Bertz CT molecular complexity index is 387. The van der Waals surface area contributed by atoms with Crippen LogP contribution in [0, 0.1) is 0 Å². The maximum atomic E-state index is 11.4. The molecule has 1 aromatic carbocycles. The first-order valence-corrected chi connectivity index (χ1v) is 4.40. The first kappa shape index (κ1) is 6.95. The van der Waals surface area contributed by atoms with Crippen molar-refractivity contribution >= 4 is 5.91 Å². The molecule has 0 saturated carbocycles. The second-order valence-corrected chi connectivity index (χ2v) is 3.44. The van der Waals surface area contributed by atoms with Gasteiger partial charge < -0.3 is 10.1 Å². The first-order chi connectivity index (χ1) is 6.36. The Balaban J connectivity index is 2.28. The largest absolute Gasteiger partial charge is 0.493 e. The molecule has 0 fully saturated rings. The fourth-order valence-corrected chi connectivity index (χ4v) is 2.03. The Hall–Kier alpha value is -1.51. The normalized spacial score (nSPS) is 23.4. The maximum Gasteiger partial charge on any atom is 0.251 e. The van der Waals surface area contributed by atoms with Crippen molar-refractivity contribution in [3.63, 3.8) is 0 Å². The summed E-state index contributed by atoms with van der Waals surface area (Å²) in [5.41, 5.74) is 1.89. The quantitative estimate of drug-likeness (QED) is 0.636. The molecular weight excluding hydrogens is 166 g/mol. The highest BCUT2D eigenvalue weighted by Gasteiger charge is 2.32. The van der Waals surface area contributed by atoms with Crippen LogP contribution in [0.15, 0.2) is 18.2 Å². The molecule has 3 heteroatoms. The van der Waals surface area contributed by atoms with E-state index >= 15 is 0 Å². The summed E-state index contributed by atoms with van der Waals surface area (Å²) in [6.07, 6.45) is 0. The number of rotatable bonds is 0. The van der Waals surface area contributed by atoms with Crippen molar-refractivity contribution in [3.05, 3.63) is 29.3 Å². The van der Waals surface area contributed by atoms with Gasteiger partial charge in [0.2, 0.25) is 0 Å². The zero-order valence-electron chi connectivity index (χ0n) is 7.04. The third kappa shape index (κ3) is 0.813. The van der Waals surface area contributed by atoms with Gasteiger partial charge in [-0.2, -0.15) is 0 Å². The molecular formula is C10H9NO2. The smallest absolute Gasteiger partial charge is 0.251 e. The molecule has 2 aliphatic heterocycles. The van der Waals surface area contributed by atoms with Crippen LogP contribution in [-0.2, 0) is 0 Å². The van der Waals surface area contributed by atoms with Crippen LogP contribution in [0.1, 0.15) is 21.8 Å². The lowest BCUT2D eigenvalue weighted by molar-refractivity contribution is 0.0940. The van der Waals surface area contributed by atoms with E-state index in [1.165, 1.54) is 0 Å². The van der Waals surface area contributed by atoms with E-state index in [9.17, 15) is 4.79 Å². The van der Waals surface area contributed by atoms with Gasteiger partial charge in [0.05, 0.1) is 6.61 Å². The van der Waals surface area contributed by atoms with Gasteiger partial charge in [-0.15, -0.1) is 0 Å². The van der Waals surface area contributed by atoms with Gasteiger partial charge in [0.1, 0.15) is 5.75 Å². The van der Waals surface area contributed by atoms with E-state index in [2.05, 4.69) is 5.32 Å². The molecule has 66 valence electrons. The molecule has 1 atom stereocenters. The predicted molar refractivity (Wildman–Crippen MR) is 47.0 cm³/mol. The maximum absolute atomic E-state index is 11.4. The van der Waals surface area contributed by atoms with Gasteiger partial charge >= 0.3 is 0 Å². The number of carbonyl (C=O) groups excluding carboxylic acids is 1. The molecule has 1 amide bonds. The standard InChI is InChI=1S/C10H9NO2/c12-10-7-2-1-3-8-9(7)6(4-11-10)5-13-8/h1-3,6H,4-5H2,(H,11,12). The van der Waals surface area contributed by atoms with Crippen molar-refractivity contribution in [3.8, 4) is 5.75 Å². The lowest BCUT2D eigenvalue weighted by Crippen LogP contribution is -2.34. The van der Waals surface area contributed by atoms with Gasteiger partial charge in [-0.1, -0.05) is 6.07 Å². The second kappa shape index (κ2) is 2.25.